The molecule has 0 bridgehead atoms. The molecule has 14 heavy (non-hydrogen) atoms. The Kier molecular flexibility index (Phi) is 3.49. The van der Waals surface area contributed by atoms with Crippen molar-refractivity contribution in [3.8, 4) is 0 Å². The molecule has 0 N–H and O–H groups in total. The summed E-state index contributed by atoms with van der Waals surface area (Å²) in [7, 11) is -1.99. The molecule has 0 radical (unpaired) electrons. The normalized spacial score (nSPS) is 23.7. The van der Waals surface area contributed by atoms with E-state index in [1.807, 2.05) is 0 Å². The third-order valence-electron chi connectivity index (χ3n) is 2.40. The molecule has 0 aliphatic carbocycles. The summed E-state index contributed by atoms with van der Waals surface area (Å²) in [6, 6.07) is -0.607. The highest BCUT2D eigenvalue weighted by atomic mass is 32.2. The maximum Gasteiger partial charge on any atom is 0.324 e. The lowest BCUT2D eigenvalue weighted by Crippen LogP contribution is -2.41. The first-order valence-electron chi connectivity index (χ1n) is 4.60. The van der Waals surface area contributed by atoms with Crippen LogP contribution in [0.2, 0.25) is 0 Å². The quantitative estimate of drug-likeness (QED) is 0.628. The van der Waals surface area contributed by atoms with E-state index < -0.39 is 22.0 Å². The fourth-order valence-corrected chi connectivity index (χ4v) is 2.93. The number of nitrogens with zero attached hydrogens (tertiary/aromatic N) is 1. The molecule has 1 fully saturated rings. The summed E-state index contributed by atoms with van der Waals surface area (Å²) in [6.45, 7) is 2.00. The van der Waals surface area contributed by atoms with Crippen molar-refractivity contribution in [1.29, 1.82) is 0 Å². The first kappa shape index (κ1) is 11.5. The minimum absolute atomic E-state index is 0.0283. The first-order chi connectivity index (χ1) is 6.53. The second-order valence-corrected chi connectivity index (χ2v) is 5.40. The molecule has 6 heteroatoms. The van der Waals surface area contributed by atoms with Crippen LogP contribution >= 0.6 is 0 Å². The van der Waals surface area contributed by atoms with Gasteiger partial charge in [0, 0.05) is 6.54 Å². The van der Waals surface area contributed by atoms with E-state index in [0.29, 0.717) is 13.0 Å². The molecule has 0 saturated carbocycles. The van der Waals surface area contributed by atoms with E-state index >= 15 is 0 Å². The summed E-state index contributed by atoms with van der Waals surface area (Å²) in [5.41, 5.74) is 0. The Bertz CT molecular complexity index is 311. The van der Waals surface area contributed by atoms with Gasteiger partial charge in [0.15, 0.2) is 0 Å². The second kappa shape index (κ2) is 4.27. The largest absolute Gasteiger partial charge is 0.468 e. The summed E-state index contributed by atoms with van der Waals surface area (Å²) in [4.78, 5) is 11.3. The number of hydrogen-bond acceptors (Lipinski definition) is 4. The van der Waals surface area contributed by atoms with E-state index in [1.54, 1.807) is 6.92 Å². The zero-order chi connectivity index (χ0) is 10.8. The summed E-state index contributed by atoms with van der Waals surface area (Å²) < 4.78 is 28.9. The van der Waals surface area contributed by atoms with Gasteiger partial charge in [-0.25, -0.2) is 8.42 Å². The molecule has 5 nitrogen and oxygen atoms in total. The molecule has 1 unspecified atom stereocenters. The van der Waals surface area contributed by atoms with Crippen LogP contribution in [0.5, 0.6) is 0 Å². The molecule has 1 heterocycles. The highest BCUT2D eigenvalue weighted by Crippen LogP contribution is 2.21. The monoisotopic (exact) mass is 221 g/mol. The molecule has 1 saturated heterocycles. The Morgan fingerprint density at radius 2 is 2.21 bits per heavy atom. The van der Waals surface area contributed by atoms with Crippen LogP contribution in [-0.4, -0.2) is 44.1 Å². The maximum absolute atomic E-state index is 11.6. The van der Waals surface area contributed by atoms with Crippen molar-refractivity contribution in [3.05, 3.63) is 0 Å². The number of hydrogen-bond donors (Lipinski definition) is 0. The Morgan fingerprint density at radius 3 is 2.71 bits per heavy atom. The molecule has 0 aromatic heterocycles. The molecule has 1 rings (SSSR count). The average Bonchev–Trinajstić information content (AvgIpc) is 2.65. The predicted octanol–water partition coefficient (Wildman–Crippen LogP) is -0.0265. The fraction of sp³-hybridized carbons (Fsp3) is 0.875. The molecular formula is C8H15NO4S. The Hall–Kier alpha value is -0.620. The minimum atomic E-state index is -3.27. The molecular weight excluding hydrogens is 206 g/mol. The first-order valence-corrected chi connectivity index (χ1v) is 6.21. The van der Waals surface area contributed by atoms with Crippen molar-refractivity contribution < 1.29 is 17.9 Å². The highest BCUT2D eigenvalue weighted by molar-refractivity contribution is 7.89. The van der Waals surface area contributed by atoms with Crippen LogP contribution in [-0.2, 0) is 19.6 Å². The maximum atomic E-state index is 11.6. The van der Waals surface area contributed by atoms with Crippen LogP contribution < -0.4 is 0 Å². The fourth-order valence-electron chi connectivity index (χ4n) is 1.61. The Labute approximate surface area is 84.1 Å². The number of methoxy groups -OCH3 is 1. The number of esters is 1. The van der Waals surface area contributed by atoms with Gasteiger partial charge in [-0.3, -0.25) is 4.79 Å². The van der Waals surface area contributed by atoms with Crippen LogP contribution in [0.15, 0.2) is 0 Å². The lowest BCUT2D eigenvalue weighted by molar-refractivity contribution is -0.144. The van der Waals surface area contributed by atoms with Crippen molar-refractivity contribution in [2.24, 2.45) is 0 Å². The third-order valence-corrected chi connectivity index (χ3v) is 4.28. The van der Waals surface area contributed by atoms with E-state index in [2.05, 4.69) is 4.74 Å². The molecule has 1 aliphatic heterocycles. The van der Waals surface area contributed by atoms with Crippen LogP contribution in [0.25, 0.3) is 0 Å². The van der Waals surface area contributed by atoms with Crippen molar-refractivity contribution in [2.45, 2.75) is 25.8 Å². The lowest BCUT2D eigenvalue weighted by Gasteiger charge is -2.20. The van der Waals surface area contributed by atoms with Gasteiger partial charge >= 0.3 is 5.97 Å². The van der Waals surface area contributed by atoms with Crippen molar-refractivity contribution in [1.82, 2.24) is 4.31 Å². The van der Waals surface area contributed by atoms with Gasteiger partial charge in [-0.05, 0) is 19.8 Å². The van der Waals surface area contributed by atoms with Gasteiger partial charge < -0.3 is 4.74 Å². The zero-order valence-electron chi connectivity index (χ0n) is 8.39. The molecule has 1 atom stereocenters. The van der Waals surface area contributed by atoms with Crippen molar-refractivity contribution >= 4 is 16.0 Å². The molecule has 0 amide bonds. The molecule has 0 aromatic rings. The van der Waals surface area contributed by atoms with Gasteiger partial charge in [0.25, 0.3) is 0 Å². The lowest BCUT2D eigenvalue weighted by atomic mass is 10.2. The number of carbonyl (C=O) groups excluding carboxylic acids is 1. The Morgan fingerprint density at radius 1 is 1.57 bits per heavy atom. The average molecular weight is 221 g/mol. The molecule has 1 aliphatic rings. The number of rotatable bonds is 3. The predicted molar refractivity (Wildman–Crippen MR) is 51.2 cm³/mol. The molecule has 0 aromatic carbocycles. The smallest absolute Gasteiger partial charge is 0.324 e. The minimum Gasteiger partial charge on any atom is -0.468 e. The third kappa shape index (κ3) is 2.06. The van der Waals surface area contributed by atoms with Crippen molar-refractivity contribution in [3.63, 3.8) is 0 Å². The standard InChI is InChI=1S/C8H15NO4S/c1-3-14(11,12)9-6-4-5-7(9)8(10)13-2/h7H,3-6H2,1-2H3. The number of ether oxygens (including phenoxy) is 1. The van der Waals surface area contributed by atoms with Crippen LogP contribution in [0.3, 0.4) is 0 Å². The van der Waals surface area contributed by atoms with Gasteiger partial charge in [-0.2, -0.15) is 4.31 Å². The summed E-state index contributed by atoms with van der Waals surface area (Å²) >= 11 is 0. The molecule has 0 spiro atoms. The molecule has 82 valence electrons. The van der Waals surface area contributed by atoms with E-state index in [9.17, 15) is 13.2 Å². The van der Waals surface area contributed by atoms with Crippen LogP contribution in [0.4, 0.5) is 0 Å². The zero-order valence-corrected chi connectivity index (χ0v) is 9.21. The van der Waals surface area contributed by atoms with Crippen molar-refractivity contribution in [2.75, 3.05) is 19.4 Å². The van der Waals surface area contributed by atoms with Gasteiger partial charge in [-0.15, -0.1) is 0 Å². The van der Waals surface area contributed by atoms with E-state index in [-0.39, 0.29) is 5.75 Å². The van der Waals surface area contributed by atoms with E-state index in [4.69, 9.17) is 0 Å². The van der Waals surface area contributed by atoms with Crippen LogP contribution in [0.1, 0.15) is 19.8 Å². The summed E-state index contributed by atoms with van der Waals surface area (Å²) in [5.74, 6) is -0.431. The summed E-state index contributed by atoms with van der Waals surface area (Å²) in [6.07, 6.45) is 1.28. The second-order valence-electron chi connectivity index (χ2n) is 3.19. The Balaban J connectivity index is 2.84. The van der Waals surface area contributed by atoms with Gasteiger partial charge in [0.1, 0.15) is 6.04 Å². The number of carbonyl (C=O) groups is 1. The van der Waals surface area contributed by atoms with Gasteiger partial charge in [0.05, 0.1) is 12.9 Å². The van der Waals surface area contributed by atoms with Crippen LogP contribution in [0, 0.1) is 0 Å². The SMILES string of the molecule is CCS(=O)(=O)N1CCCC1C(=O)OC. The van der Waals surface area contributed by atoms with Gasteiger partial charge in [0.2, 0.25) is 10.0 Å². The number of sulfonamides is 1. The van der Waals surface area contributed by atoms with E-state index in [1.165, 1.54) is 11.4 Å². The highest BCUT2D eigenvalue weighted by Gasteiger charge is 2.38. The topological polar surface area (TPSA) is 63.7 Å². The van der Waals surface area contributed by atoms with E-state index in [0.717, 1.165) is 6.42 Å². The van der Waals surface area contributed by atoms with Gasteiger partial charge in [-0.1, -0.05) is 0 Å². The summed E-state index contributed by atoms with van der Waals surface area (Å²) in [5, 5.41) is 0.